The molecule has 4 nitrogen and oxygen atoms in total. The summed E-state index contributed by atoms with van der Waals surface area (Å²) in [6.45, 7) is 3.60. The molecular weight excluding hydrogens is 354 g/mol. The zero-order valence-corrected chi connectivity index (χ0v) is 13.8. The molecule has 1 aromatic carbocycles. The number of sulfonamides is 1. The fourth-order valence-corrected chi connectivity index (χ4v) is 3.51. The summed E-state index contributed by atoms with van der Waals surface area (Å²) in [5, 5.41) is 0.198. The number of ether oxygens (including phenoxy) is 1. The van der Waals surface area contributed by atoms with Crippen LogP contribution in [0.1, 0.15) is 19.8 Å². The van der Waals surface area contributed by atoms with Crippen molar-refractivity contribution in [1.82, 2.24) is 4.72 Å². The zero-order chi connectivity index (χ0) is 14.3. The zero-order valence-electron chi connectivity index (χ0n) is 10.7. The molecule has 0 aliphatic rings. The van der Waals surface area contributed by atoms with Crippen LogP contribution >= 0.6 is 27.5 Å². The second-order valence-electron chi connectivity index (χ2n) is 3.94. The molecule has 108 valence electrons. The van der Waals surface area contributed by atoms with Gasteiger partial charge in [0, 0.05) is 24.2 Å². The maximum atomic E-state index is 12.0. The summed E-state index contributed by atoms with van der Waals surface area (Å²) in [5.74, 6) is 0. The number of nitrogens with one attached hydrogen (secondary N) is 1. The van der Waals surface area contributed by atoms with Crippen molar-refractivity contribution in [3.63, 3.8) is 0 Å². The molecule has 0 amide bonds. The lowest BCUT2D eigenvalue weighted by molar-refractivity contribution is 0.133. The maximum absolute atomic E-state index is 12.0. The van der Waals surface area contributed by atoms with Crippen LogP contribution in [0.3, 0.4) is 0 Å². The SMILES string of the molecule is CCCOCCCNS(=O)(=O)c1ccc(Br)cc1Cl. The van der Waals surface area contributed by atoms with Gasteiger partial charge in [0.05, 0.1) is 5.02 Å². The Morgan fingerprint density at radius 1 is 1.37 bits per heavy atom. The summed E-state index contributed by atoms with van der Waals surface area (Å²) in [6.07, 6.45) is 1.59. The van der Waals surface area contributed by atoms with E-state index in [1.807, 2.05) is 6.92 Å². The Morgan fingerprint density at radius 2 is 2.11 bits per heavy atom. The molecule has 0 aliphatic heterocycles. The average molecular weight is 371 g/mol. The van der Waals surface area contributed by atoms with Gasteiger partial charge in [0.1, 0.15) is 4.90 Å². The lowest BCUT2D eigenvalue weighted by Crippen LogP contribution is -2.25. The van der Waals surface area contributed by atoms with Gasteiger partial charge in [-0.1, -0.05) is 34.5 Å². The first kappa shape index (κ1) is 16.9. The van der Waals surface area contributed by atoms with Crippen molar-refractivity contribution in [2.45, 2.75) is 24.7 Å². The molecule has 1 aromatic rings. The van der Waals surface area contributed by atoms with Crippen molar-refractivity contribution >= 4 is 37.6 Å². The smallest absolute Gasteiger partial charge is 0.242 e. The number of halogens is 2. The van der Waals surface area contributed by atoms with Gasteiger partial charge in [-0.15, -0.1) is 0 Å². The Labute approximate surface area is 127 Å². The predicted octanol–water partition coefficient (Wildman–Crippen LogP) is 3.20. The molecule has 0 saturated carbocycles. The van der Waals surface area contributed by atoms with Crippen LogP contribution in [0.2, 0.25) is 5.02 Å². The van der Waals surface area contributed by atoms with E-state index >= 15 is 0 Å². The highest BCUT2D eigenvalue weighted by Crippen LogP contribution is 2.24. The Kier molecular flexibility index (Phi) is 7.31. The van der Waals surface area contributed by atoms with E-state index in [2.05, 4.69) is 20.7 Å². The molecule has 0 aromatic heterocycles. The molecule has 0 unspecified atom stereocenters. The molecule has 0 aliphatic carbocycles. The Balaban J connectivity index is 2.52. The van der Waals surface area contributed by atoms with Crippen LogP contribution in [-0.4, -0.2) is 28.2 Å². The summed E-state index contributed by atoms with van der Waals surface area (Å²) in [6, 6.07) is 4.67. The van der Waals surface area contributed by atoms with Gasteiger partial charge < -0.3 is 4.74 Å². The molecule has 19 heavy (non-hydrogen) atoms. The minimum Gasteiger partial charge on any atom is -0.381 e. The lowest BCUT2D eigenvalue weighted by atomic mass is 10.4. The molecule has 0 fully saturated rings. The minimum absolute atomic E-state index is 0.0897. The van der Waals surface area contributed by atoms with E-state index in [4.69, 9.17) is 16.3 Å². The van der Waals surface area contributed by atoms with Crippen molar-refractivity contribution in [3.05, 3.63) is 27.7 Å². The molecule has 0 radical (unpaired) electrons. The highest BCUT2D eigenvalue weighted by Gasteiger charge is 2.17. The third kappa shape index (κ3) is 5.79. The normalized spacial score (nSPS) is 11.7. The van der Waals surface area contributed by atoms with Crippen molar-refractivity contribution < 1.29 is 13.2 Å². The molecule has 0 saturated heterocycles. The molecule has 0 bridgehead atoms. The van der Waals surface area contributed by atoms with E-state index in [1.54, 1.807) is 12.1 Å². The fraction of sp³-hybridized carbons (Fsp3) is 0.500. The minimum atomic E-state index is -3.56. The van der Waals surface area contributed by atoms with Crippen LogP contribution < -0.4 is 4.72 Å². The lowest BCUT2D eigenvalue weighted by Gasteiger charge is -2.08. The summed E-state index contributed by atoms with van der Waals surface area (Å²) in [7, 11) is -3.56. The topological polar surface area (TPSA) is 55.4 Å². The van der Waals surface area contributed by atoms with Gasteiger partial charge in [0.25, 0.3) is 0 Å². The first-order valence-electron chi connectivity index (χ1n) is 6.00. The van der Waals surface area contributed by atoms with Crippen molar-refractivity contribution in [2.75, 3.05) is 19.8 Å². The first-order chi connectivity index (χ1) is 8.97. The number of rotatable bonds is 8. The molecule has 7 heteroatoms. The van der Waals surface area contributed by atoms with E-state index in [0.717, 1.165) is 10.9 Å². The largest absolute Gasteiger partial charge is 0.381 e. The van der Waals surface area contributed by atoms with Gasteiger partial charge in [-0.2, -0.15) is 0 Å². The Bertz CT molecular complexity index is 508. The predicted molar refractivity (Wildman–Crippen MR) is 80.1 cm³/mol. The summed E-state index contributed by atoms with van der Waals surface area (Å²) in [5.41, 5.74) is 0. The van der Waals surface area contributed by atoms with E-state index in [1.165, 1.54) is 6.07 Å². The molecule has 0 spiro atoms. The third-order valence-electron chi connectivity index (χ3n) is 2.29. The van der Waals surface area contributed by atoms with Gasteiger partial charge >= 0.3 is 0 Å². The maximum Gasteiger partial charge on any atom is 0.242 e. The van der Waals surface area contributed by atoms with E-state index in [-0.39, 0.29) is 9.92 Å². The highest BCUT2D eigenvalue weighted by atomic mass is 79.9. The van der Waals surface area contributed by atoms with Gasteiger partial charge in [-0.05, 0) is 31.0 Å². The van der Waals surface area contributed by atoms with Crippen LogP contribution in [0.25, 0.3) is 0 Å². The fourth-order valence-electron chi connectivity index (χ4n) is 1.40. The van der Waals surface area contributed by atoms with Gasteiger partial charge in [-0.3, -0.25) is 0 Å². The van der Waals surface area contributed by atoms with Gasteiger partial charge in [0.15, 0.2) is 0 Å². The second-order valence-corrected chi connectivity index (χ2v) is 7.00. The molecule has 1 N–H and O–H groups in total. The first-order valence-corrected chi connectivity index (χ1v) is 8.65. The third-order valence-corrected chi connectivity index (χ3v) is 4.73. The average Bonchev–Trinajstić information content (AvgIpc) is 2.33. The number of hydrogen-bond donors (Lipinski definition) is 1. The van der Waals surface area contributed by atoms with Crippen LogP contribution in [0.4, 0.5) is 0 Å². The van der Waals surface area contributed by atoms with Gasteiger partial charge in [0.2, 0.25) is 10.0 Å². The van der Waals surface area contributed by atoms with E-state index < -0.39 is 10.0 Å². The van der Waals surface area contributed by atoms with Crippen molar-refractivity contribution in [1.29, 1.82) is 0 Å². The quantitative estimate of drug-likeness (QED) is 0.715. The van der Waals surface area contributed by atoms with Crippen LogP contribution in [-0.2, 0) is 14.8 Å². The van der Waals surface area contributed by atoms with Crippen LogP contribution in [0.15, 0.2) is 27.6 Å². The Morgan fingerprint density at radius 3 is 2.74 bits per heavy atom. The van der Waals surface area contributed by atoms with Crippen molar-refractivity contribution in [3.8, 4) is 0 Å². The highest BCUT2D eigenvalue weighted by molar-refractivity contribution is 9.10. The monoisotopic (exact) mass is 369 g/mol. The van der Waals surface area contributed by atoms with E-state index in [0.29, 0.717) is 26.2 Å². The van der Waals surface area contributed by atoms with Crippen LogP contribution in [0, 0.1) is 0 Å². The van der Waals surface area contributed by atoms with Crippen LogP contribution in [0.5, 0.6) is 0 Å². The van der Waals surface area contributed by atoms with Crippen molar-refractivity contribution in [2.24, 2.45) is 0 Å². The van der Waals surface area contributed by atoms with E-state index in [9.17, 15) is 8.42 Å². The Hall–Kier alpha value is -0.140. The number of hydrogen-bond acceptors (Lipinski definition) is 3. The molecular formula is C12H17BrClNO3S. The summed E-state index contributed by atoms with van der Waals surface area (Å²) < 4.78 is 32.5. The second kappa shape index (κ2) is 8.21. The summed E-state index contributed by atoms with van der Waals surface area (Å²) in [4.78, 5) is 0.0897. The summed E-state index contributed by atoms with van der Waals surface area (Å²) >= 11 is 9.16. The standard InChI is InChI=1S/C12H17BrClNO3S/c1-2-7-18-8-3-6-15-19(16,17)12-5-4-10(13)9-11(12)14/h4-5,9,15H,2-3,6-8H2,1H3. The molecule has 1 rings (SSSR count). The number of benzene rings is 1. The molecule has 0 heterocycles. The van der Waals surface area contributed by atoms with Gasteiger partial charge in [-0.25, -0.2) is 13.1 Å². The molecule has 0 atom stereocenters.